The van der Waals surface area contributed by atoms with Gasteiger partial charge in [-0.2, -0.15) is 13.2 Å². The summed E-state index contributed by atoms with van der Waals surface area (Å²) < 4.78 is 51.6. The van der Waals surface area contributed by atoms with Crippen LogP contribution in [0.25, 0.3) is 0 Å². The zero-order chi connectivity index (χ0) is 24.6. The van der Waals surface area contributed by atoms with Gasteiger partial charge in [-0.15, -0.1) is 0 Å². The molecular weight excluding hydrogens is 447 g/mol. The van der Waals surface area contributed by atoms with E-state index >= 15 is 0 Å². The van der Waals surface area contributed by atoms with Crippen LogP contribution < -0.4 is 16.4 Å². The molecule has 2 unspecified atom stereocenters. The summed E-state index contributed by atoms with van der Waals surface area (Å²) in [7, 11) is 0. The lowest BCUT2D eigenvalue weighted by molar-refractivity contribution is -0.232. The standard InChI is InChI=1S/C17H24F3N3O9/c1-3-4-22-16(29)32-14(31-15(28)17(18,19)20)9(25)6-10-12(23-7(2)24)8(21)5-11(30-10)13(26)27/h5,8-10,12,14,25H,3-4,6,21H2,1-2H3,(H,22,29)(H,23,24)(H,26,27)/t8-,9?,10+,12+,14?/m0/s1. The van der Waals surface area contributed by atoms with Crippen LogP contribution in [0.1, 0.15) is 26.7 Å². The Kier molecular flexibility index (Phi) is 9.71. The lowest BCUT2D eigenvalue weighted by Gasteiger charge is -2.36. The van der Waals surface area contributed by atoms with Gasteiger partial charge in [-0.25, -0.2) is 14.4 Å². The van der Waals surface area contributed by atoms with E-state index in [1.807, 2.05) is 0 Å². The molecule has 15 heteroatoms. The first-order chi connectivity index (χ1) is 14.8. The fourth-order valence-electron chi connectivity index (χ4n) is 2.62. The average Bonchev–Trinajstić information content (AvgIpc) is 2.66. The van der Waals surface area contributed by atoms with Crippen molar-refractivity contribution in [3.05, 3.63) is 11.8 Å². The number of hydrogen-bond acceptors (Lipinski definition) is 9. The van der Waals surface area contributed by atoms with Crippen molar-refractivity contribution in [1.82, 2.24) is 10.6 Å². The zero-order valence-corrected chi connectivity index (χ0v) is 17.0. The highest BCUT2D eigenvalue weighted by Gasteiger charge is 2.45. The fraction of sp³-hybridized carbons (Fsp3) is 0.647. The molecule has 0 saturated carbocycles. The Balaban J connectivity index is 3.09. The van der Waals surface area contributed by atoms with Crippen molar-refractivity contribution < 1.29 is 56.8 Å². The van der Waals surface area contributed by atoms with Crippen LogP contribution in [0.5, 0.6) is 0 Å². The Labute approximate surface area is 179 Å². The van der Waals surface area contributed by atoms with E-state index in [9.17, 15) is 37.5 Å². The van der Waals surface area contributed by atoms with E-state index in [-0.39, 0.29) is 6.54 Å². The lowest BCUT2D eigenvalue weighted by Crippen LogP contribution is -2.57. The molecule has 0 aromatic carbocycles. The second kappa shape index (κ2) is 11.5. The topological polar surface area (TPSA) is 187 Å². The second-order valence-electron chi connectivity index (χ2n) is 6.70. The molecule has 0 saturated heterocycles. The van der Waals surface area contributed by atoms with Gasteiger partial charge < -0.3 is 40.8 Å². The molecule has 2 amide bonds. The van der Waals surface area contributed by atoms with Gasteiger partial charge in [0.15, 0.2) is 0 Å². The summed E-state index contributed by atoms with van der Waals surface area (Å²) >= 11 is 0. The quantitative estimate of drug-likeness (QED) is 0.217. The Hall–Kier alpha value is -3.07. The molecule has 1 heterocycles. The van der Waals surface area contributed by atoms with Crippen molar-refractivity contribution in [2.45, 2.75) is 63.4 Å². The molecule has 0 aromatic rings. The number of aliphatic hydroxyl groups is 1. The third-order valence-corrected chi connectivity index (χ3v) is 4.00. The number of alkyl halides is 3. The first-order valence-electron chi connectivity index (χ1n) is 9.31. The van der Waals surface area contributed by atoms with Crippen molar-refractivity contribution in [3.8, 4) is 0 Å². The number of hydrogen-bond donors (Lipinski definition) is 5. The maximum atomic E-state index is 12.6. The van der Waals surface area contributed by atoms with Gasteiger partial charge in [0.2, 0.25) is 11.7 Å². The molecule has 0 bridgehead atoms. The van der Waals surface area contributed by atoms with E-state index in [0.29, 0.717) is 6.42 Å². The largest absolute Gasteiger partial charge is 0.491 e. The van der Waals surface area contributed by atoms with Crippen LogP contribution in [0.3, 0.4) is 0 Å². The van der Waals surface area contributed by atoms with Crippen LogP contribution in [-0.2, 0) is 28.6 Å². The number of ether oxygens (including phenoxy) is 3. The highest BCUT2D eigenvalue weighted by atomic mass is 19.4. The molecule has 0 aromatic heterocycles. The number of carbonyl (C=O) groups excluding carboxylic acids is 3. The number of esters is 1. The summed E-state index contributed by atoms with van der Waals surface area (Å²) in [5.41, 5.74) is 5.83. The van der Waals surface area contributed by atoms with E-state index < -0.39 is 72.9 Å². The lowest BCUT2D eigenvalue weighted by atomic mass is 9.94. The number of nitrogens with two attached hydrogens (primary N) is 1. The van der Waals surface area contributed by atoms with Gasteiger partial charge in [0.05, 0.1) is 12.1 Å². The predicted molar refractivity (Wildman–Crippen MR) is 97.5 cm³/mol. The second-order valence-corrected chi connectivity index (χ2v) is 6.70. The molecule has 1 aliphatic heterocycles. The summed E-state index contributed by atoms with van der Waals surface area (Å²) in [6.07, 6.45) is -12.0. The predicted octanol–water partition coefficient (Wildman–Crippen LogP) is -0.495. The summed E-state index contributed by atoms with van der Waals surface area (Å²) in [4.78, 5) is 45.6. The maximum absolute atomic E-state index is 12.6. The number of carboxylic acid groups (broad SMARTS) is 1. The molecular formula is C17H24F3N3O9. The van der Waals surface area contributed by atoms with Crippen LogP contribution >= 0.6 is 0 Å². The van der Waals surface area contributed by atoms with Crippen molar-refractivity contribution >= 4 is 23.9 Å². The first kappa shape index (κ1) is 27.0. The number of nitrogens with one attached hydrogen (secondary N) is 2. The number of aliphatic hydroxyl groups excluding tert-OH is 1. The number of carboxylic acids is 1. The molecule has 0 radical (unpaired) electrons. The Bertz CT molecular complexity index is 745. The number of aliphatic carboxylic acids is 1. The van der Waals surface area contributed by atoms with E-state index in [4.69, 9.17) is 15.6 Å². The number of amides is 2. The average molecular weight is 471 g/mol. The molecule has 12 nitrogen and oxygen atoms in total. The van der Waals surface area contributed by atoms with E-state index in [2.05, 4.69) is 20.1 Å². The van der Waals surface area contributed by atoms with Gasteiger partial charge >= 0.3 is 24.2 Å². The molecule has 32 heavy (non-hydrogen) atoms. The smallest absolute Gasteiger partial charge is 0.481 e. The molecule has 1 aliphatic rings. The minimum Gasteiger partial charge on any atom is -0.481 e. The molecule has 1 rings (SSSR count). The SMILES string of the molecule is CCCNC(=O)OC(OC(=O)C(F)(F)F)C(O)C[C@H]1OC(C(=O)O)=C[C@H](N)[C@H]1NC(C)=O. The Morgan fingerprint density at radius 2 is 1.91 bits per heavy atom. The normalized spacial score (nSPS) is 22.5. The van der Waals surface area contributed by atoms with Crippen LogP contribution in [-0.4, -0.2) is 77.5 Å². The molecule has 5 atom stereocenters. The molecule has 6 N–H and O–H groups in total. The summed E-state index contributed by atoms with van der Waals surface area (Å²) in [5, 5.41) is 24.0. The maximum Gasteiger partial charge on any atom is 0.491 e. The molecule has 0 aliphatic carbocycles. The Morgan fingerprint density at radius 1 is 1.28 bits per heavy atom. The summed E-state index contributed by atoms with van der Waals surface area (Å²) in [5.74, 6) is -5.51. The first-order valence-corrected chi connectivity index (χ1v) is 9.31. The van der Waals surface area contributed by atoms with Gasteiger partial charge in [0.25, 0.3) is 6.29 Å². The molecule has 0 fully saturated rings. The number of alkyl carbamates (subject to hydrolysis) is 1. The third-order valence-electron chi connectivity index (χ3n) is 4.00. The van der Waals surface area contributed by atoms with E-state index in [1.54, 1.807) is 6.92 Å². The fourth-order valence-corrected chi connectivity index (χ4v) is 2.62. The Morgan fingerprint density at radius 3 is 2.41 bits per heavy atom. The van der Waals surface area contributed by atoms with Crippen LogP contribution in [0.4, 0.5) is 18.0 Å². The molecule has 0 spiro atoms. The number of halogens is 3. The van der Waals surface area contributed by atoms with Crippen LogP contribution in [0.2, 0.25) is 0 Å². The number of carbonyl (C=O) groups is 4. The zero-order valence-electron chi connectivity index (χ0n) is 17.0. The van der Waals surface area contributed by atoms with Crippen molar-refractivity contribution in [2.75, 3.05) is 6.54 Å². The van der Waals surface area contributed by atoms with Gasteiger partial charge in [-0.3, -0.25) is 4.79 Å². The van der Waals surface area contributed by atoms with Crippen molar-refractivity contribution in [2.24, 2.45) is 5.73 Å². The number of rotatable bonds is 9. The minimum atomic E-state index is -5.46. The van der Waals surface area contributed by atoms with Gasteiger partial charge in [-0.1, -0.05) is 6.92 Å². The van der Waals surface area contributed by atoms with Crippen LogP contribution in [0.15, 0.2) is 11.8 Å². The van der Waals surface area contributed by atoms with Crippen molar-refractivity contribution in [1.29, 1.82) is 0 Å². The van der Waals surface area contributed by atoms with E-state index in [1.165, 1.54) is 0 Å². The van der Waals surface area contributed by atoms with Crippen molar-refractivity contribution in [3.63, 3.8) is 0 Å². The highest BCUT2D eigenvalue weighted by molar-refractivity contribution is 5.84. The summed E-state index contributed by atoms with van der Waals surface area (Å²) in [6.45, 7) is 2.87. The third kappa shape index (κ3) is 8.22. The minimum absolute atomic E-state index is 0.0762. The molecule has 182 valence electrons. The van der Waals surface area contributed by atoms with E-state index in [0.717, 1.165) is 13.0 Å². The highest BCUT2D eigenvalue weighted by Crippen LogP contribution is 2.25. The van der Waals surface area contributed by atoms with Gasteiger partial charge in [-0.05, 0) is 12.5 Å². The van der Waals surface area contributed by atoms with Crippen LogP contribution in [0, 0.1) is 0 Å². The van der Waals surface area contributed by atoms with Gasteiger partial charge in [0.1, 0.15) is 12.2 Å². The monoisotopic (exact) mass is 471 g/mol. The summed E-state index contributed by atoms with van der Waals surface area (Å²) in [6, 6.07) is -2.22. The van der Waals surface area contributed by atoms with Gasteiger partial charge in [0, 0.05) is 19.9 Å².